The van der Waals surface area contributed by atoms with Gasteiger partial charge in [-0.15, -0.1) is 0 Å². The molecule has 0 heterocycles. The summed E-state index contributed by atoms with van der Waals surface area (Å²) in [5.74, 6) is -0.341. The van der Waals surface area contributed by atoms with E-state index in [2.05, 4.69) is 5.32 Å². The van der Waals surface area contributed by atoms with E-state index in [9.17, 15) is 4.79 Å². The Morgan fingerprint density at radius 2 is 1.76 bits per heavy atom. The number of likely N-dealkylation sites (N-methyl/N-ethyl adjacent to an activating group) is 1. The number of ether oxygens (including phenoxy) is 3. The van der Waals surface area contributed by atoms with Gasteiger partial charge in [0.25, 0.3) is 0 Å². The average molecular weight is 248 g/mol. The first-order chi connectivity index (χ1) is 8.22. The molecule has 6 heteroatoms. The van der Waals surface area contributed by atoms with Gasteiger partial charge in [-0.1, -0.05) is 6.92 Å². The van der Waals surface area contributed by atoms with Gasteiger partial charge < -0.3 is 25.3 Å². The van der Waals surface area contributed by atoms with Crippen LogP contribution < -0.4 is 11.1 Å². The van der Waals surface area contributed by atoms with Gasteiger partial charge in [0, 0.05) is 13.7 Å². The molecule has 0 aromatic heterocycles. The summed E-state index contributed by atoms with van der Waals surface area (Å²) in [6, 6.07) is -0.311. The maximum absolute atomic E-state index is 11.0. The molecule has 6 nitrogen and oxygen atoms in total. The second kappa shape index (κ2) is 11.8. The number of carbonyl (C=O) groups excluding carboxylic acids is 1. The minimum atomic E-state index is -0.341. The lowest BCUT2D eigenvalue weighted by Gasteiger charge is -2.13. The minimum absolute atomic E-state index is 0.311. The van der Waals surface area contributed by atoms with Gasteiger partial charge >= 0.3 is 0 Å². The van der Waals surface area contributed by atoms with E-state index >= 15 is 0 Å². The molecule has 1 amide bonds. The summed E-state index contributed by atoms with van der Waals surface area (Å²) in [4.78, 5) is 11.0. The third-order valence-corrected chi connectivity index (χ3v) is 2.15. The predicted octanol–water partition coefficient (Wildman–Crippen LogP) is -0.480. The van der Waals surface area contributed by atoms with E-state index in [1.165, 1.54) is 0 Å². The van der Waals surface area contributed by atoms with Crippen molar-refractivity contribution in [3.8, 4) is 0 Å². The van der Waals surface area contributed by atoms with Crippen LogP contribution >= 0.6 is 0 Å². The number of amides is 1. The number of methoxy groups -OCH3 is 1. The van der Waals surface area contributed by atoms with Crippen molar-refractivity contribution < 1.29 is 19.0 Å². The second-order valence-electron chi connectivity index (χ2n) is 3.52. The van der Waals surface area contributed by atoms with Crippen molar-refractivity contribution in [3.63, 3.8) is 0 Å². The smallest absolute Gasteiger partial charge is 0.234 e. The summed E-state index contributed by atoms with van der Waals surface area (Å²) < 4.78 is 15.4. The third-order valence-electron chi connectivity index (χ3n) is 2.15. The van der Waals surface area contributed by atoms with Gasteiger partial charge in [0.05, 0.1) is 32.5 Å². The molecule has 0 aliphatic carbocycles. The van der Waals surface area contributed by atoms with Crippen molar-refractivity contribution in [1.82, 2.24) is 5.32 Å². The van der Waals surface area contributed by atoms with Gasteiger partial charge in [-0.2, -0.15) is 0 Å². The van der Waals surface area contributed by atoms with E-state index in [1.807, 2.05) is 6.92 Å². The van der Waals surface area contributed by atoms with E-state index in [0.29, 0.717) is 46.0 Å². The van der Waals surface area contributed by atoms with Crippen LogP contribution in [0.15, 0.2) is 0 Å². The SMILES string of the molecule is CCNC(CCOCCOCCOC)C(N)=O. The first-order valence-corrected chi connectivity index (χ1v) is 5.89. The first kappa shape index (κ1) is 16.3. The van der Waals surface area contributed by atoms with Crippen molar-refractivity contribution in [2.45, 2.75) is 19.4 Å². The number of hydrogen-bond acceptors (Lipinski definition) is 5. The number of rotatable bonds is 12. The minimum Gasteiger partial charge on any atom is -0.382 e. The molecule has 0 aliphatic heterocycles. The molecule has 0 spiro atoms. The van der Waals surface area contributed by atoms with Crippen LogP contribution in [0.1, 0.15) is 13.3 Å². The Labute approximate surface area is 103 Å². The molecule has 0 radical (unpaired) electrons. The van der Waals surface area contributed by atoms with E-state index in [1.54, 1.807) is 7.11 Å². The molecule has 102 valence electrons. The van der Waals surface area contributed by atoms with Gasteiger partial charge in [-0.05, 0) is 13.0 Å². The average Bonchev–Trinajstić information content (AvgIpc) is 2.31. The molecule has 1 unspecified atom stereocenters. The van der Waals surface area contributed by atoms with E-state index in [4.69, 9.17) is 19.9 Å². The van der Waals surface area contributed by atoms with Crippen LogP contribution in [0.2, 0.25) is 0 Å². The van der Waals surface area contributed by atoms with Gasteiger partial charge in [-0.3, -0.25) is 4.79 Å². The Kier molecular flexibility index (Phi) is 11.3. The second-order valence-corrected chi connectivity index (χ2v) is 3.52. The summed E-state index contributed by atoms with van der Waals surface area (Å²) in [7, 11) is 1.63. The predicted molar refractivity (Wildman–Crippen MR) is 64.8 cm³/mol. The van der Waals surface area contributed by atoms with Crippen LogP contribution in [-0.2, 0) is 19.0 Å². The quantitative estimate of drug-likeness (QED) is 0.456. The Morgan fingerprint density at radius 1 is 1.18 bits per heavy atom. The van der Waals surface area contributed by atoms with Crippen molar-refractivity contribution in [2.75, 3.05) is 46.7 Å². The molecule has 0 fully saturated rings. The molecule has 0 aliphatic rings. The van der Waals surface area contributed by atoms with Crippen LogP contribution in [0.3, 0.4) is 0 Å². The zero-order valence-corrected chi connectivity index (χ0v) is 10.7. The summed E-state index contributed by atoms with van der Waals surface area (Å²) in [5, 5.41) is 3.00. The lowest BCUT2D eigenvalue weighted by molar-refractivity contribution is -0.120. The highest BCUT2D eigenvalue weighted by molar-refractivity contribution is 5.79. The van der Waals surface area contributed by atoms with Crippen molar-refractivity contribution >= 4 is 5.91 Å². The van der Waals surface area contributed by atoms with Crippen molar-refractivity contribution in [1.29, 1.82) is 0 Å². The molecule has 0 rings (SSSR count). The van der Waals surface area contributed by atoms with Gasteiger partial charge in [0.1, 0.15) is 0 Å². The lowest BCUT2D eigenvalue weighted by Crippen LogP contribution is -2.41. The monoisotopic (exact) mass is 248 g/mol. The van der Waals surface area contributed by atoms with Gasteiger partial charge in [0.15, 0.2) is 0 Å². The molecule has 0 aromatic rings. The fourth-order valence-corrected chi connectivity index (χ4v) is 1.26. The molecule has 0 aromatic carbocycles. The zero-order valence-electron chi connectivity index (χ0n) is 10.7. The molecular formula is C11H24N2O4. The van der Waals surface area contributed by atoms with Gasteiger partial charge in [0.2, 0.25) is 5.91 Å². The molecule has 3 N–H and O–H groups in total. The van der Waals surface area contributed by atoms with E-state index in [-0.39, 0.29) is 11.9 Å². The van der Waals surface area contributed by atoms with E-state index < -0.39 is 0 Å². The highest BCUT2D eigenvalue weighted by atomic mass is 16.5. The number of carbonyl (C=O) groups is 1. The summed E-state index contributed by atoms with van der Waals surface area (Å²) in [6.07, 6.45) is 0.585. The molecule has 0 saturated heterocycles. The van der Waals surface area contributed by atoms with Crippen LogP contribution in [0, 0.1) is 0 Å². The van der Waals surface area contributed by atoms with Crippen LogP contribution in [-0.4, -0.2) is 58.6 Å². The van der Waals surface area contributed by atoms with E-state index in [0.717, 1.165) is 0 Å². The van der Waals surface area contributed by atoms with Crippen LogP contribution in [0.4, 0.5) is 0 Å². The van der Waals surface area contributed by atoms with Crippen molar-refractivity contribution in [2.24, 2.45) is 5.73 Å². The highest BCUT2D eigenvalue weighted by Crippen LogP contribution is 1.92. The fourth-order valence-electron chi connectivity index (χ4n) is 1.26. The Morgan fingerprint density at radius 3 is 2.29 bits per heavy atom. The summed E-state index contributed by atoms with van der Waals surface area (Å²) in [5.41, 5.74) is 5.22. The number of nitrogens with one attached hydrogen (secondary N) is 1. The maximum Gasteiger partial charge on any atom is 0.234 e. The molecule has 1 atom stereocenters. The highest BCUT2D eigenvalue weighted by Gasteiger charge is 2.12. The van der Waals surface area contributed by atoms with Gasteiger partial charge in [-0.25, -0.2) is 0 Å². The Hall–Kier alpha value is -0.690. The number of primary amides is 1. The third kappa shape index (κ3) is 10.2. The summed E-state index contributed by atoms with van der Waals surface area (Å²) in [6.45, 7) is 5.35. The topological polar surface area (TPSA) is 82.8 Å². The molecule has 17 heavy (non-hydrogen) atoms. The van der Waals surface area contributed by atoms with Crippen molar-refractivity contribution in [3.05, 3.63) is 0 Å². The lowest BCUT2D eigenvalue weighted by atomic mass is 10.2. The fraction of sp³-hybridized carbons (Fsp3) is 0.909. The Balaban J connectivity index is 3.33. The van der Waals surface area contributed by atoms with Crippen LogP contribution in [0.5, 0.6) is 0 Å². The largest absolute Gasteiger partial charge is 0.382 e. The number of hydrogen-bond donors (Lipinski definition) is 2. The normalized spacial score (nSPS) is 12.6. The van der Waals surface area contributed by atoms with Crippen LogP contribution in [0.25, 0.3) is 0 Å². The first-order valence-electron chi connectivity index (χ1n) is 5.89. The summed E-state index contributed by atoms with van der Waals surface area (Å²) >= 11 is 0. The Bertz CT molecular complexity index is 190. The molecular weight excluding hydrogens is 224 g/mol. The molecule has 0 bridgehead atoms. The zero-order chi connectivity index (χ0) is 12.9. The maximum atomic E-state index is 11.0. The standard InChI is InChI=1S/C11H24N2O4/c1-3-13-10(11(12)14)4-5-16-8-9-17-7-6-15-2/h10,13H,3-9H2,1-2H3,(H2,12,14). The molecule has 0 saturated carbocycles. The number of nitrogens with two attached hydrogens (primary N) is 1.